The Morgan fingerprint density at radius 1 is 1.30 bits per heavy atom. The molecule has 1 aliphatic heterocycles. The normalized spacial score (nSPS) is 24.8. The van der Waals surface area contributed by atoms with Crippen molar-refractivity contribution in [2.24, 2.45) is 5.92 Å². The Hall–Kier alpha value is -1.02. The van der Waals surface area contributed by atoms with Crippen LogP contribution >= 0.6 is 0 Å². The molecular formula is C18H30N2. The summed E-state index contributed by atoms with van der Waals surface area (Å²) in [6, 6.07) is 8.07. The van der Waals surface area contributed by atoms with Gasteiger partial charge in [-0.25, -0.2) is 0 Å². The highest BCUT2D eigenvalue weighted by Gasteiger charge is 2.29. The van der Waals surface area contributed by atoms with Crippen LogP contribution in [-0.4, -0.2) is 25.2 Å². The number of anilines is 1. The minimum Gasteiger partial charge on any atom is -0.365 e. The molecule has 0 aliphatic carbocycles. The van der Waals surface area contributed by atoms with Crippen molar-refractivity contribution in [1.82, 2.24) is 5.32 Å². The summed E-state index contributed by atoms with van der Waals surface area (Å²) in [5.41, 5.74) is 4.20. The van der Waals surface area contributed by atoms with Gasteiger partial charge in [0.05, 0.1) is 0 Å². The number of benzene rings is 1. The molecule has 1 aromatic carbocycles. The summed E-state index contributed by atoms with van der Waals surface area (Å²) < 4.78 is 0. The van der Waals surface area contributed by atoms with Gasteiger partial charge in [-0.3, -0.25) is 0 Å². The van der Waals surface area contributed by atoms with Crippen LogP contribution in [-0.2, 0) is 0 Å². The van der Waals surface area contributed by atoms with Crippen LogP contribution in [0, 0.1) is 19.8 Å². The van der Waals surface area contributed by atoms with Crippen LogP contribution < -0.4 is 10.2 Å². The Labute approximate surface area is 124 Å². The molecule has 1 heterocycles. The second-order valence-electron chi connectivity index (χ2n) is 6.40. The zero-order chi connectivity index (χ0) is 14.7. The molecule has 0 radical (unpaired) electrons. The van der Waals surface area contributed by atoms with E-state index in [1.165, 1.54) is 29.7 Å². The molecule has 2 heteroatoms. The fraction of sp³-hybridized carbons (Fsp3) is 0.667. The summed E-state index contributed by atoms with van der Waals surface area (Å²) in [7, 11) is 0. The van der Waals surface area contributed by atoms with Crippen molar-refractivity contribution >= 4 is 5.69 Å². The summed E-state index contributed by atoms with van der Waals surface area (Å²) in [4.78, 5) is 2.65. The fourth-order valence-electron chi connectivity index (χ4n) is 3.18. The fourth-order valence-corrected chi connectivity index (χ4v) is 3.18. The van der Waals surface area contributed by atoms with Crippen molar-refractivity contribution in [3.63, 3.8) is 0 Å². The lowest BCUT2D eigenvalue weighted by atomic mass is 9.94. The van der Waals surface area contributed by atoms with Crippen molar-refractivity contribution < 1.29 is 0 Å². The van der Waals surface area contributed by atoms with E-state index < -0.39 is 0 Å². The summed E-state index contributed by atoms with van der Waals surface area (Å²) >= 11 is 0. The van der Waals surface area contributed by atoms with Crippen LogP contribution in [0.25, 0.3) is 0 Å². The topological polar surface area (TPSA) is 15.3 Å². The van der Waals surface area contributed by atoms with E-state index in [9.17, 15) is 0 Å². The number of rotatable bonds is 4. The molecule has 1 aliphatic rings. The van der Waals surface area contributed by atoms with Gasteiger partial charge in [-0.15, -0.1) is 0 Å². The maximum absolute atomic E-state index is 3.76. The van der Waals surface area contributed by atoms with Crippen LogP contribution in [0.3, 0.4) is 0 Å². The highest BCUT2D eigenvalue weighted by atomic mass is 15.2. The van der Waals surface area contributed by atoms with E-state index in [-0.39, 0.29) is 0 Å². The van der Waals surface area contributed by atoms with Gasteiger partial charge in [0.25, 0.3) is 0 Å². The van der Waals surface area contributed by atoms with Gasteiger partial charge in [-0.05, 0) is 43.4 Å². The molecule has 2 nitrogen and oxygen atoms in total. The minimum absolute atomic E-state index is 0.614. The number of piperazine rings is 1. The number of aryl methyl sites for hydroxylation is 2. The largest absolute Gasteiger partial charge is 0.365 e. The average Bonchev–Trinajstić information content (AvgIpc) is 2.48. The zero-order valence-corrected chi connectivity index (χ0v) is 13.7. The third-order valence-corrected chi connectivity index (χ3v) is 4.93. The molecule has 3 unspecified atom stereocenters. The van der Waals surface area contributed by atoms with Gasteiger partial charge >= 0.3 is 0 Å². The molecule has 0 aromatic heterocycles. The third kappa shape index (κ3) is 3.17. The summed E-state index contributed by atoms with van der Waals surface area (Å²) in [6.45, 7) is 13.6. The van der Waals surface area contributed by atoms with E-state index in [4.69, 9.17) is 0 Å². The molecule has 112 valence electrons. The van der Waals surface area contributed by atoms with Crippen LogP contribution in [0.2, 0.25) is 0 Å². The maximum Gasteiger partial charge on any atom is 0.0412 e. The smallest absolute Gasteiger partial charge is 0.0412 e. The van der Waals surface area contributed by atoms with Gasteiger partial charge < -0.3 is 10.2 Å². The monoisotopic (exact) mass is 274 g/mol. The Bertz CT molecular complexity index is 441. The lowest BCUT2D eigenvalue weighted by Gasteiger charge is -2.44. The van der Waals surface area contributed by atoms with Crippen molar-refractivity contribution in [2.45, 2.75) is 59.5 Å². The predicted octanol–water partition coefficient (Wildman–Crippen LogP) is 3.91. The minimum atomic E-state index is 0.614. The molecule has 1 N–H and O–H groups in total. The Morgan fingerprint density at radius 3 is 2.70 bits per heavy atom. The Kier molecular flexibility index (Phi) is 5.09. The highest BCUT2D eigenvalue weighted by Crippen LogP contribution is 2.28. The van der Waals surface area contributed by atoms with Gasteiger partial charge in [0, 0.05) is 30.9 Å². The quantitative estimate of drug-likeness (QED) is 0.895. The number of hydrogen-bond donors (Lipinski definition) is 1. The molecule has 0 spiro atoms. The molecule has 1 aromatic rings. The van der Waals surface area contributed by atoms with Crippen LogP contribution in [0.1, 0.15) is 44.7 Å². The van der Waals surface area contributed by atoms with E-state index in [1.807, 2.05) is 0 Å². The molecule has 1 fully saturated rings. The molecule has 0 amide bonds. The molecule has 0 bridgehead atoms. The summed E-state index contributed by atoms with van der Waals surface area (Å²) in [5, 5.41) is 3.76. The van der Waals surface area contributed by atoms with Gasteiger partial charge in [-0.2, -0.15) is 0 Å². The van der Waals surface area contributed by atoms with E-state index in [1.54, 1.807) is 0 Å². The third-order valence-electron chi connectivity index (χ3n) is 4.93. The van der Waals surface area contributed by atoms with Crippen molar-refractivity contribution in [2.75, 3.05) is 18.0 Å². The second-order valence-corrected chi connectivity index (χ2v) is 6.40. The first-order chi connectivity index (χ1) is 9.56. The highest BCUT2D eigenvalue weighted by molar-refractivity contribution is 5.56. The van der Waals surface area contributed by atoms with Gasteiger partial charge in [-0.1, -0.05) is 39.3 Å². The zero-order valence-electron chi connectivity index (χ0n) is 13.7. The van der Waals surface area contributed by atoms with Crippen molar-refractivity contribution in [3.05, 3.63) is 29.3 Å². The standard InChI is InChI=1S/C18H30N2/c1-6-14(4)17-12-20(16(7-2)11-19-17)18-10-13(3)8-9-15(18)5/h8-10,14,16-17,19H,6-7,11-12H2,1-5H3. The first-order valence-electron chi connectivity index (χ1n) is 8.14. The van der Waals surface area contributed by atoms with Crippen LogP contribution in [0.15, 0.2) is 18.2 Å². The SMILES string of the molecule is CCC(C)C1CN(c2cc(C)ccc2C)C(CC)CN1. The molecule has 3 atom stereocenters. The number of hydrogen-bond acceptors (Lipinski definition) is 2. The van der Waals surface area contributed by atoms with E-state index in [2.05, 4.69) is 63.0 Å². The van der Waals surface area contributed by atoms with Gasteiger partial charge in [0.1, 0.15) is 0 Å². The van der Waals surface area contributed by atoms with E-state index in [0.29, 0.717) is 12.1 Å². The van der Waals surface area contributed by atoms with Crippen LogP contribution in [0.5, 0.6) is 0 Å². The Balaban J connectivity index is 2.26. The first-order valence-corrected chi connectivity index (χ1v) is 8.14. The number of nitrogens with one attached hydrogen (secondary N) is 1. The van der Waals surface area contributed by atoms with Crippen molar-refractivity contribution in [3.8, 4) is 0 Å². The maximum atomic E-state index is 3.76. The van der Waals surface area contributed by atoms with Crippen LogP contribution in [0.4, 0.5) is 5.69 Å². The van der Waals surface area contributed by atoms with E-state index in [0.717, 1.165) is 19.0 Å². The summed E-state index contributed by atoms with van der Waals surface area (Å²) in [6.07, 6.45) is 2.45. The lowest BCUT2D eigenvalue weighted by molar-refractivity contribution is 0.306. The predicted molar refractivity (Wildman–Crippen MR) is 88.6 cm³/mol. The Morgan fingerprint density at radius 2 is 2.05 bits per heavy atom. The summed E-state index contributed by atoms with van der Waals surface area (Å²) in [5.74, 6) is 0.737. The second kappa shape index (κ2) is 6.62. The molecule has 0 saturated carbocycles. The first kappa shape index (κ1) is 15.4. The molecule has 1 saturated heterocycles. The van der Waals surface area contributed by atoms with Crippen molar-refractivity contribution in [1.29, 1.82) is 0 Å². The lowest BCUT2D eigenvalue weighted by Crippen LogP contribution is -2.58. The average molecular weight is 274 g/mol. The van der Waals surface area contributed by atoms with Gasteiger partial charge in [0.2, 0.25) is 0 Å². The number of nitrogens with zero attached hydrogens (tertiary/aromatic N) is 1. The van der Waals surface area contributed by atoms with Gasteiger partial charge in [0.15, 0.2) is 0 Å². The van der Waals surface area contributed by atoms with E-state index >= 15 is 0 Å². The molecule has 20 heavy (non-hydrogen) atoms. The molecular weight excluding hydrogens is 244 g/mol. The molecule has 2 rings (SSSR count).